The van der Waals surface area contributed by atoms with Crippen LogP contribution in [0.2, 0.25) is 0 Å². The Kier molecular flexibility index (Phi) is 4.41. The molecule has 10 nitrogen and oxygen atoms in total. The average molecular weight is 336 g/mol. The Morgan fingerprint density at radius 1 is 1.04 bits per heavy atom. The molecule has 0 N–H and O–H groups in total. The topological polar surface area (TPSA) is 142 Å². The third-order valence-corrected chi connectivity index (χ3v) is 3.84. The Morgan fingerprint density at radius 2 is 1.74 bits per heavy atom. The van der Waals surface area contributed by atoms with E-state index in [2.05, 4.69) is 4.99 Å². The van der Waals surface area contributed by atoms with E-state index in [0.717, 1.165) is 23.5 Å². The van der Waals surface area contributed by atoms with E-state index in [9.17, 15) is 30.3 Å². The SMILES string of the molecule is Cc1c(N=Cc2ccc([N+](=O)[O-])s2)cc([N+](=O)[O-])cc1[N+](=O)[O-]. The van der Waals surface area contributed by atoms with Crippen molar-refractivity contribution in [1.82, 2.24) is 0 Å². The lowest BCUT2D eigenvalue weighted by atomic mass is 10.1. The summed E-state index contributed by atoms with van der Waals surface area (Å²) in [6.07, 6.45) is 1.27. The van der Waals surface area contributed by atoms with Gasteiger partial charge in [-0.05, 0) is 13.0 Å². The summed E-state index contributed by atoms with van der Waals surface area (Å²) in [5, 5.41) is 32.3. The van der Waals surface area contributed by atoms with Crippen LogP contribution in [0.5, 0.6) is 0 Å². The number of aliphatic imine (C=N–C) groups is 1. The molecule has 0 aliphatic heterocycles. The first-order chi connectivity index (χ1) is 10.8. The van der Waals surface area contributed by atoms with E-state index in [0.29, 0.717) is 4.88 Å². The van der Waals surface area contributed by atoms with Crippen LogP contribution in [-0.2, 0) is 0 Å². The monoisotopic (exact) mass is 336 g/mol. The van der Waals surface area contributed by atoms with Gasteiger partial charge in [0.05, 0.1) is 37.0 Å². The van der Waals surface area contributed by atoms with E-state index in [1.54, 1.807) is 0 Å². The fraction of sp³-hybridized carbons (Fsp3) is 0.0833. The second-order valence-corrected chi connectivity index (χ2v) is 5.41. The van der Waals surface area contributed by atoms with Crippen molar-refractivity contribution < 1.29 is 14.8 Å². The molecule has 0 amide bonds. The molecule has 0 saturated heterocycles. The summed E-state index contributed by atoms with van der Waals surface area (Å²) in [7, 11) is 0. The highest BCUT2D eigenvalue weighted by Gasteiger charge is 2.21. The summed E-state index contributed by atoms with van der Waals surface area (Å²) in [4.78, 5) is 34.8. The van der Waals surface area contributed by atoms with Gasteiger partial charge in [0.1, 0.15) is 0 Å². The van der Waals surface area contributed by atoms with Crippen LogP contribution in [-0.4, -0.2) is 21.0 Å². The first kappa shape index (κ1) is 16.2. The van der Waals surface area contributed by atoms with Crippen LogP contribution in [0, 0.1) is 37.3 Å². The molecule has 23 heavy (non-hydrogen) atoms. The van der Waals surface area contributed by atoms with Gasteiger partial charge in [0.25, 0.3) is 11.4 Å². The highest BCUT2D eigenvalue weighted by molar-refractivity contribution is 7.16. The summed E-state index contributed by atoms with van der Waals surface area (Å²) >= 11 is 0.871. The van der Waals surface area contributed by atoms with Gasteiger partial charge < -0.3 is 0 Å². The lowest BCUT2D eigenvalue weighted by molar-refractivity contribution is -0.394. The number of nitro benzene ring substituents is 2. The van der Waals surface area contributed by atoms with Crippen LogP contribution in [0.3, 0.4) is 0 Å². The Hall–Kier alpha value is -3.21. The largest absolute Gasteiger partial charge is 0.324 e. The van der Waals surface area contributed by atoms with E-state index in [1.165, 1.54) is 25.3 Å². The van der Waals surface area contributed by atoms with Crippen LogP contribution in [0.25, 0.3) is 0 Å². The van der Waals surface area contributed by atoms with Crippen LogP contribution in [0.1, 0.15) is 10.4 Å². The van der Waals surface area contributed by atoms with Crippen molar-refractivity contribution in [1.29, 1.82) is 0 Å². The van der Waals surface area contributed by atoms with E-state index >= 15 is 0 Å². The van der Waals surface area contributed by atoms with Gasteiger partial charge in [0.2, 0.25) is 0 Å². The summed E-state index contributed by atoms with van der Waals surface area (Å²) < 4.78 is 0. The number of rotatable bonds is 5. The minimum absolute atomic E-state index is 0.0574. The van der Waals surface area contributed by atoms with Gasteiger partial charge in [-0.2, -0.15) is 0 Å². The Morgan fingerprint density at radius 3 is 2.26 bits per heavy atom. The zero-order valence-corrected chi connectivity index (χ0v) is 12.3. The van der Waals surface area contributed by atoms with Crippen LogP contribution >= 0.6 is 11.3 Å². The predicted molar refractivity (Wildman–Crippen MR) is 82.7 cm³/mol. The molecule has 0 atom stereocenters. The van der Waals surface area contributed by atoms with Crippen molar-refractivity contribution in [3.63, 3.8) is 0 Å². The van der Waals surface area contributed by atoms with E-state index in [1.807, 2.05) is 0 Å². The molecule has 11 heteroatoms. The van der Waals surface area contributed by atoms with Gasteiger partial charge >= 0.3 is 5.00 Å². The maximum absolute atomic E-state index is 11.0. The molecule has 0 unspecified atom stereocenters. The first-order valence-electron chi connectivity index (χ1n) is 6.01. The van der Waals surface area contributed by atoms with Crippen LogP contribution in [0.15, 0.2) is 29.3 Å². The Balaban J connectivity index is 2.45. The molecule has 0 aliphatic rings. The molecule has 0 aliphatic carbocycles. The molecule has 0 radical (unpaired) electrons. The third-order valence-electron chi connectivity index (χ3n) is 2.87. The van der Waals surface area contributed by atoms with Gasteiger partial charge in [-0.3, -0.25) is 35.3 Å². The number of hydrogen-bond acceptors (Lipinski definition) is 8. The number of hydrogen-bond donors (Lipinski definition) is 0. The lowest BCUT2D eigenvalue weighted by Crippen LogP contribution is -1.95. The molecule has 0 fully saturated rings. The molecule has 2 rings (SSSR count). The van der Waals surface area contributed by atoms with Gasteiger partial charge in [-0.15, -0.1) is 0 Å². The number of thiophene rings is 1. The highest BCUT2D eigenvalue weighted by Crippen LogP contribution is 2.33. The van der Waals surface area contributed by atoms with Gasteiger partial charge in [0.15, 0.2) is 0 Å². The summed E-state index contributed by atoms with van der Waals surface area (Å²) in [5.41, 5.74) is -0.639. The second-order valence-electron chi connectivity index (χ2n) is 4.31. The molecule has 0 saturated carbocycles. The fourth-order valence-corrected chi connectivity index (χ4v) is 2.44. The van der Waals surface area contributed by atoms with E-state index in [-0.39, 0.29) is 16.3 Å². The summed E-state index contributed by atoms with van der Waals surface area (Å²) in [6.45, 7) is 1.42. The third kappa shape index (κ3) is 3.52. The van der Waals surface area contributed by atoms with Crippen LogP contribution < -0.4 is 0 Å². The number of non-ortho nitro benzene ring substituents is 1. The van der Waals surface area contributed by atoms with Gasteiger partial charge in [-0.25, -0.2) is 0 Å². The summed E-state index contributed by atoms with van der Waals surface area (Å²) in [5.74, 6) is 0. The van der Waals surface area contributed by atoms with E-state index in [4.69, 9.17) is 0 Å². The zero-order valence-electron chi connectivity index (χ0n) is 11.5. The minimum atomic E-state index is -0.749. The smallest absolute Gasteiger partial charge is 0.258 e. The lowest BCUT2D eigenvalue weighted by Gasteiger charge is -2.01. The highest BCUT2D eigenvalue weighted by atomic mass is 32.1. The van der Waals surface area contributed by atoms with Crippen molar-refractivity contribution in [2.24, 2.45) is 4.99 Å². The second kappa shape index (κ2) is 6.27. The number of benzene rings is 1. The van der Waals surface area contributed by atoms with Crippen molar-refractivity contribution in [2.75, 3.05) is 0 Å². The predicted octanol–water partition coefficient (Wildman–Crippen LogP) is 3.53. The molecule has 0 spiro atoms. The van der Waals surface area contributed by atoms with Gasteiger partial charge in [0, 0.05) is 18.3 Å². The molecule has 118 valence electrons. The average Bonchev–Trinajstić information content (AvgIpc) is 2.94. The fourth-order valence-electron chi connectivity index (χ4n) is 1.74. The molecule has 0 bridgehead atoms. The standard InChI is InChI=1S/C12H8N4O6S/c1-7-10(4-8(14(17)18)5-11(7)15(19)20)13-6-9-2-3-12(23-9)16(21)22/h2-6H,1H3. The van der Waals surface area contributed by atoms with Crippen molar-refractivity contribution >= 4 is 39.6 Å². The molecule has 1 heterocycles. The molecule has 1 aromatic carbocycles. The van der Waals surface area contributed by atoms with Gasteiger partial charge in [-0.1, -0.05) is 11.3 Å². The molecular formula is C12H8N4O6S. The molecule has 2 aromatic rings. The Bertz CT molecular complexity index is 844. The zero-order chi connectivity index (χ0) is 17.1. The Labute approximate surface area is 132 Å². The van der Waals surface area contributed by atoms with Crippen molar-refractivity contribution in [2.45, 2.75) is 6.92 Å². The molecule has 1 aromatic heterocycles. The van der Waals surface area contributed by atoms with Crippen molar-refractivity contribution in [3.8, 4) is 0 Å². The number of nitro groups is 3. The maximum atomic E-state index is 11.0. The van der Waals surface area contributed by atoms with E-state index < -0.39 is 26.1 Å². The van der Waals surface area contributed by atoms with Crippen LogP contribution in [0.4, 0.5) is 22.1 Å². The number of nitrogens with zero attached hydrogens (tertiary/aromatic N) is 4. The normalized spacial score (nSPS) is 10.8. The van der Waals surface area contributed by atoms with Crippen molar-refractivity contribution in [3.05, 3.63) is 65.0 Å². The minimum Gasteiger partial charge on any atom is -0.258 e. The quantitative estimate of drug-likeness (QED) is 0.464. The summed E-state index contributed by atoms with van der Waals surface area (Å²) in [6, 6.07) is 4.74. The maximum Gasteiger partial charge on any atom is 0.324 e. The molecular weight excluding hydrogens is 328 g/mol. The first-order valence-corrected chi connectivity index (χ1v) is 6.83.